The topological polar surface area (TPSA) is 52.8 Å². The highest BCUT2D eigenvalue weighted by Gasteiger charge is 2.16. The Bertz CT molecular complexity index is 1100. The summed E-state index contributed by atoms with van der Waals surface area (Å²) in [6, 6.07) is 11.2. The van der Waals surface area contributed by atoms with Crippen LogP contribution in [0.2, 0.25) is 0 Å². The predicted octanol–water partition coefficient (Wildman–Crippen LogP) is 3.16. The number of hydrogen-bond donors (Lipinski definition) is 0. The SMILES string of the molecule is C#CCn1c(=NC(=O)c2ccc(C)cc2)sc2cc3c(cc21)OCCO3. The zero-order chi connectivity index (χ0) is 18.1. The molecule has 0 saturated carbocycles. The third kappa shape index (κ3) is 2.98. The number of thiazole rings is 1. The molecule has 0 saturated heterocycles. The second-order valence-electron chi connectivity index (χ2n) is 5.92. The number of carbonyl (C=O) groups is 1. The van der Waals surface area contributed by atoms with Gasteiger partial charge >= 0.3 is 0 Å². The Morgan fingerprint density at radius 2 is 1.92 bits per heavy atom. The Balaban J connectivity index is 1.85. The van der Waals surface area contributed by atoms with Gasteiger partial charge in [0.2, 0.25) is 0 Å². The number of carbonyl (C=O) groups excluding carboxylic acids is 1. The lowest BCUT2D eigenvalue weighted by atomic mass is 10.1. The van der Waals surface area contributed by atoms with Crippen LogP contribution in [0.1, 0.15) is 15.9 Å². The molecule has 3 aromatic rings. The van der Waals surface area contributed by atoms with Gasteiger partial charge in [-0.15, -0.1) is 6.42 Å². The summed E-state index contributed by atoms with van der Waals surface area (Å²) in [6.45, 7) is 3.34. The Morgan fingerprint density at radius 3 is 2.62 bits per heavy atom. The van der Waals surface area contributed by atoms with Crippen LogP contribution in [0.15, 0.2) is 41.4 Å². The molecule has 0 bridgehead atoms. The molecular formula is C20H16N2O3S. The van der Waals surface area contributed by atoms with Crippen molar-refractivity contribution in [1.29, 1.82) is 0 Å². The van der Waals surface area contributed by atoms with Crippen molar-refractivity contribution >= 4 is 27.5 Å². The van der Waals surface area contributed by atoms with Crippen molar-refractivity contribution in [3.05, 3.63) is 52.3 Å². The summed E-state index contributed by atoms with van der Waals surface area (Å²) in [4.78, 5) is 17.4. The van der Waals surface area contributed by atoms with Crippen LogP contribution < -0.4 is 14.3 Å². The van der Waals surface area contributed by atoms with E-state index in [0.717, 1.165) is 15.8 Å². The molecule has 1 aliphatic rings. The normalized spacial score (nSPS) is 13.6. The van der Waals surface area contributed by atoms with Crippen molar-refractivity contribution in [2.75, 3.05) is 13.2 Å². The van der Waals surface area contributed by atoms with Gasteiger partial charge in [0.25, 0.3) is 5.91 Å². The monoisotopic (exact) mass is 364 g/mol. The number of aromatic nitrogens is 1. The van der Waals surface area contributed by atoms with E-state index in [4.69, 9.17) is 15.9 Å². The van der Waals surface area contributed by atoms with Gasteiger partial charge in [0.05, 0.1) is 16.8 Å². The second kappa shape index (κ2) is 6.70. The van der Waals surface area contributed by atoms with E-state index in [1.807, 2.05) is 35.8 Å². The van der Waals surface area contributed by atoms with Gasteiger partial charge in [-0.1, -0.05) is 35.0 Å². The number of hydrogen-bond acceptors (Lipinski definition) is 4. The first-order valence-corrected chi connectivity index (χ1v) is 8.99. The molecular weight excluding hydrogens is 348 g/mol. The molecule has 0 atom stereocenters. The number of ether oxygens (including phenoxy) is 2. The molecule has 6 heteroatoms. The van der Waals surface area contributed by atoms with Crippen LogP contribution in [-0.4, -0.2) is 23.7 Å². The minimum Gasteiger partial charge on any atom is -0.486 e. The largest absolute Gasteiger partial charge is 0.486 e. The highest BCUT2D eigenvalue weighted by atomic mass is 32.1. The minimum atomic E-state index is -0.292. The van der Waals surface area contributed by atoms with Gasteiger partial charge in [-0.25, -0.2) is 0 Å². The summed E-state index contributed by atoms with van der Waals surface area (Å²) in [5.41, 5.74) is 2.52. The number of fused-ring (bicyclic) bond motifs is 2. The standard InChI is InChI=1S/C20H16N2O3S/c1-3-8-22-15-11-16-17(25-10-9-24-16)12-18(15)26-20(22)21-19(23)14-6-4-13(2)5-7-14/h1,4-7,11-12H,8-10H2,2H3. The number of terminal acetylenes is 1. The molecule has 5 nitrogen and oxygen atoms in total. The molecule has 26 heavy (non-hydrogen) atoms. The summed E-state index contributed by atoms with van der Waals surface area (Å²) >= 11 is 1.41. The van der Waals surface area contributed by atoms with Gasteiger partial charge in [-0.05, 0) is 19.1 Å². The van der Waals surface area contributed by atoms with Gasteiger partial charge in [0, 0.05) is 17.7 Å². The fourth-order valence-corrected chi connectivity index (χ4v) is 3.82. The first kappa shape index (κ1) is 16.4. The molecule has 0 spiro atoms. The lowest BCUT2D eigenvalue weighted by Gasteiger charge is -2.18. The maximum absolute atomic E-state index is 12.5. The fourth-order valence-electron chi connectivity index (χ4n) is 2.78. The van der Waals surface area contributed by atoms with E-state index in [2.05, 4.69) is 10.9 Å². The summed E-state index contributed by atoms with van der Waals surface area (Å²) < 4.78 is 14.1. The number of amides is 1. The summed E-state index contributed by atoms with van der Waals surface area (Å²) in [5.74, 6) is 3.72. The molecule has 0 N–H and O–H groups in total. The van der Waals surface area contributed by atoms with Crippen molar-refractivity contribution in [2.24, 2.45) is 4.99 Å². The third-order valence-electron chi connectivity index (χ3n) is 4.09. The van der Waals surface area contributed by atoms with Gasteiger partial charge in [0.15, 0.2) is 16.3 Å². The van der Waals surface area contributed by atoms with Crippen molar-refractivity contribution in [2.45, 2.75) is 13.5 Å². The molecule has 0 aliphatic carbocycles. The third-order valence-corrected chi connectivity index (χ3v) is 5.13. The molecule has 1 amide bonds. The minimum absolute atomic E-state index is 0.292. The van der Waals surface area contributed by atoms with Crippen LogP contribution in [0.4, 0.5) is 0 Å². The van der Waals surface area contributed by atoms with Crippen LogP contribution in [-0.2, 0) is 6.54 Å². The van der Waals surface area contributed by atoms with Gasteiger partial charge < -0.3 is 14.0 Å². The van der Waals surface area contributed by atoms with E-state index < -0.39 is 0 Å². The molecule has 2 heterocycles. The Hall–Kier alpha value is -3.04. The molecule has 2 aromatic carbocycles. The number of benzene rings is 2. The van der Waals surface area contributed by atoms with Gasteiger partial charge in [0.1, 0.15) is 13.2 Å². The molecule has 0 radical (unpaired) electrons. The first-order chi connectivity index (χ1) is 12.7. The van der Waals surface area contributed by atoms with E-state index in [1.165, 1.54) is 11.3 Å². The highest BCUT2D eigenvalue weighted by molar-refractivity contribution is 7.16. The zero-order valence-electron chi connectivity index (χ0n) is 14.2. The maximum atomic E-state index is 12.5. The average Bonchev–Trinajstić information content (AvgIpc) is 2.97. The van der Waals surface area contributed by atoms with E-state index in [0.29, 0.717) is 41.6 Å². The number of nitrogens with zero attached hydrogens (tertiary/aromatic N) is 2. The van der Waals surface area contributed by atoms with Crippen LogP contribution in [0, 0.1) is 19.3 Å². The van der Waals surface area contributed by atoms with E-state index in [-0.39, 0.29) is 5.91 Å². The lowest BCUT2D eigenvalue weighted by molar-refractivity contribution is 0.0998. The molecule has 1 aromatic heterocycles. The van der Waals surface area contributed by atoms with E-state index in [1.54, 1.807) is 12.1 Å². The number of rotatable bonds is 2. The predicted molar refractivity (Wildman–Crippen MR) is 101 cm³/mol. The highest BCUT2D eigenvalue weighted by Crippen LogP contribution is 2.35. The average molecular weight is 364 g/mol. The van der Waals surface area contributed by atoms with Gasteiger partial charge in [-0.2, -0.15) is 4.99 Å². The lowest BCUT2D eigenvalue weighted by Crippen LogP contribution is -2.17. The summed E-state index contributed by atoms with van der Waals surface area (Å²) in [5, 5.41) is 0. The number of aryl methyl sites for hydroxylation is 1. The van der Waals surface area contributed by atoms with Crippen molar-refractivity contribution in [3.8, 4) is 23.8 Å². The Labute approximate surface area is 154 Å². The quantitative estimate of drug-likeness (QED) is 0.657. The smallest absolute Gasteiger partial charge is 0.279 e. The van der Waals surface area contributed by atoms with Crippen LogP contribution in [0.25, 0.3) is 10.2 Å². The summed E-state index contributed by atoms with van der Waals surface area (Å²) in [6.07, 6.45) is 5.53. The van der Waals surface area contributed by atoms with Crippen molar-refractivity contribution in [1.82, 2.24) is 4.57 Å². The Kier molecular flexibility index (Phi) is 4.23. The first-order valence-electron chi connectivity index (χ1n) is 8.18. The molecule has 0 fully saturated rings. The van der Waals surface area contributed by atoms with Gasteiger partial charge in [-0.3, -0.25) is 4.79 Å². The zero-order valence-corrected chi connectivity index (χ0v) is 15.0. The van der Waals surface area contributed by atoms with E-state index in [9.17, 15) is 4.79 Å². The maximum Gasteiger partial charge on any atom is 0.279 e. The summed E-state index contributed by atoms with van der Waals surface area (Å²) in [7, 11) is 0. The molecule has 130 valence electrons. The van der Waals surface area contributed by atoms with Crippen molar-refractivity contribution in [3.63, 3.8) is 0 Å². The molecule has 1 aliphatic heterocycles. The second-order valence-corrected chi connectivity index (χ2v) is 6.93. The molecule has 0 unspecified atom stereocenters. The van der Waals surface area contributed by atoms with Crippen LogP contribution in [0.5, 0.6) is 11.5 Å². The van der Waals surface area contributed by atoms with E-state index >= 15 is 0 Å². The Morgan fingerprint density at radius 1 is 1.23 bits per heavy atom. The van der Waals surface area contributed by atoms with Crippen LogP contribution in [0.3, 0.4) is 0 Å². The molecule has 4 rings (SSSR count). The van der Waals surface area contributed by atoms with Crippen LogP contribution >= 0.6 is 11.3 Å². The fraction of sp³-hybridized carbons (Fsp3) is 0.200. The van der Waals surface area contributed by atoms with Crippen molar-refractivity contribution < 1.29 is 14.3 Å².